The third kappa shape index (κ3) is 5.16. The molecule has 1 aromatic carbocycles. The van der Waals surface area contributed by atoms with Crippen LogP contribution in [-0.4, -0.2) is 59.0 Å². The second-order valence-corrected chi connectivity index (χ2v) is 4.21. The maximum atomic E-state index is 13.8. The molecule has 114 valence electrons. The van der Waals surface area contributed by atoms with Crippen molar-refractivity contribution in [2.24, 2.45) is 0 Å². The van der Waals surface area contributed by atoms with Crippen LogP contribution in [0.3, 0.4) is 0 Å². The first-order valence-electron chi connectivity index (χ1n) is 6.54. The quantitative estimate of drug-likeness (QED) is 0.645. The minimum atomic E-state index is -0.626. The molecule has 0 aliphatic rings. The molecule has 0 aromatic heterocycles. The van der Waals surface area contributed by atoms with Gasteiger partial charge < -0.3 is 20.2 Å². The van der Waals surface area contributed by atoms with Crippen molar-refractivity contribution < 1.29 is 24.5 Å². The summed E-state index contributed by atoms with van der Waals surface area (Å²) in [4.78, 5) is 13.4. The second-order valence-electron chi connectivity index (χ2n) is 4.21. The highest BCUT2D eigenvalue weighted by Gasteiger charge is 2.16. The molecule has 0 atom stereocenters. The van der Waals surface area contributed by atoms with Gasteiger partial charge in [-0.1, -0.05) is 11.8 Å². The summed E-state index contributed by atoms with van der Waals surface area (Å²) in [6, 6.07) is 3.91. The minimum Gasteiger partial charge on any atom is -0.395 e. The van der Waals surface area contributed by atoms with Crippen LogP contribution in [0.25, 0.3) is 0 Å². The Hall–Kier alpha value is -1.94. The molecule has 3 N–H and O–H groups in total. The third-order valence-electron chi connectivity index (χ3n) is 2.70. The molecule has 0 aliphatic heterocycles. The SMILES string of the molecule is O=C(c1ccc(C#CCCO)c(F)c1)N(CCO)CCO. The van der Waals surface area contributed by atoms with E-state index in [0.717, 1.165) is 6.07 Å². The van der Waals surface area contributed by atoms with Gasteiger partial charge in [0.25, 0.3) is 5.91 Å². The van der Waals surface area contributed by atoms with Crippen molar-refractivity contribution in [3.05, 3.63) is 35.1 Å². The number of benzene rings is 1. The van der Waals surface area contributed by atoms with E-state index >= 15 is 0 Å². The summed E-state index contributed by atoms with van der Waals surface area (Å²) >= 11 is 0. The Kier molecular flexibility index (Phi) is 7.40. The number of halogens is 1. The Morgan fingerprint density at radius 2 is 1.81 bits per heavy atom. The van der Waals surface area contributed by atoms with Crippen LogP contribution < -0.4 is 0 Å². The molecular weight excluding hydrogens is 277 g/mol. The van der Waals surface area contributed by atoms with E-state index in [0.29, 0.717) is 0 Å². The molecule has 0 aliphatic carbocycles. The van der Waals surface area contributed by atoms with E-state index in [-0.39, 0.29) is 50.5 Å². The van der Waals surface area contributed by atoms with Crippen LogP contribution >= 0.6 is 0 Å². The lowest BCUT2D eigenvalue weighted by atomic mass is 10.1. The minimum absolute atomic E-state index is 0.0685. The van der Waals surface area contributed by atoms with Crippen LogP contribution in [-0.2, 0) is 0 Å². The molecule has 0 heterocycles. The van der Waals surface area contributed by atoms with Crippen LogP contribution in [0, 0.1) is 17.7 Å². The molecule has 0 saturated carbocycles. The maximum Gasteiger partial charge on any atom is 0.254 e. The smallest absolute Gasteiger partial charge is 0.254 e. The van der Waals surface area contributed by atoms with Crippen LogP contribution in [0.4, 0.5) is 4.39 Å². The molecule has 0 spiro atoms. The lowest BCUT2D eigenvalue weighted by molar-refractivity contribution is 0.0684. The fourth-order valence-corrected chi connectivity index (χ4v) is 1.70. The van der Waals surface area contributed by atoms with Gasteiger partial charge in [-0.2, -0.15) is 0 Å². The molecule has 21 heavy (non-hydrogen) atoms. The Bertz CT molecular complexity index is 530. The first kappa shape index (κ1) is 17.1. The van der Waals surface area contributed by atoms with Gasteiger partial charge in [-0.15, -0.1) is 0 Å². The van der Waals surface area contributed by atoms with Gasteiger partial charge in [0.15, 0.2) is 0 Å². The fraction of sp³-hybridized carbons (Fsp3) is 0.400. The highest BCUT2D eigenvalue weighted by atomic mass is 19.1. The van der Waals surface area contributed by atoms with Crippen molar-refractivity contribution in [1.82, 2.24) is 4.90 Å². The van der Waals surface area contributed by atoms with Crippen molar-refractivity contribution in [3.8, 4) is 11.8 Å². The number of aliphatic hydroxyl groups excluding tert-OH is 3. The first-order valence-corrected chi connectivity index (χ1v) is 6.54. The van der Waals surface area contributed by atoms with Crippen molar-refractivity contribution >= 4 is 5.91 Å². The Morgan fingerprint density at radius 1 is 1.14 bits per heavy atom. The topological polar surface area (TPSA) is 81.0 Å². The number of aliphatic hydroxyl groups is 3. The van der Waals surface area contributed by atoms with E-state index in [2.05, 4.69) is 11.8 Å². The maximum absolute atomic E-state index is 13.8. The van der Waals surface area contributed by atoms with Crippen molar-refractivity contribution in [2.75, 3.05) is 32.9 Å². The van der Waals surface area contributed by atoms with Gasteiger partial charge in [-0.05, 0) is 18.2 Å². The molecule has 1 aromatic rings. The normalized spacial score (nSPS) is 9.90. The zero-order chi connectivity index (χ0) is 15.7. The van der Waals surface area contributed by atoms with Gasteiger partial charge in [-0.3, -0.25) is 4.79 Å². The number of amides is 1. The fourth-order valence-electron chi connectivity index (χ4n) is 1.70. The lowest BCUT2D eigenvalue weighted by Gasteiger charge is -2.20. The van der Waals surface area contributed by atoms with E-state index in [1.807, 2.05) is 0 Å². The average molecular weight is 295 g/mol. The van der Waals surface area contributed by atoms with Crippen molar-refractivity contribution in [3.63, 3.8) is 0 Å². The Morgan fingerprint density at radius 3 is 2.33 bits per heavy atom. The number of nitrogens with zero attached hydrogens (tertiary/aromatic N) is 1. The predicted octanol–water partition coefficient (Wildman–Crippen LogP) is -0.0136. The zero-order valence-electron chi connectivity index (χ0n) is 11.5. The summed E-state index contributed by atoms with van der Waals surface area (Å²) in [5.74, 6) is 4.08. The van der Waals surface area contributed by atoms with Gasteiger partial charge >= 0.3 is 0 Å². The van der Waals surface area contributed by atoms with E-state index in [4.69, 9.17) is 15.3 Å². The summed E-state index contributed by atoms with van der Waals surface area (Å²) in [6.45, 7) is -0.432. The Balaban J connectivity index is 2.91. The molecule has 1 amide bonds. The predicted molar refractivity (Wildman–Crippen MR) is 75.1 cm³/mol. The molecule has 5 nitrogen and oxygen atoms in total. The van der Waals surface area contributed by atoms with E-state index in [9.17, 15) is 9.18 Å². The molecule has 1 rings (SSSR count). The van der Waals surface area contributed by atoms with Crippen LogP contribution in [0.15, 0.2) is 18.2 Å². The van der Waals surface area contributed by atoms with Gasteiger partial charge in [0.2, 0.25) is 0 Å². The molecule has 6 heteroatoms. The Labute approximate surface area is 122 Å². The molecule has 0 unspecified atom stereocenters. The van der Waals surface area contributed by atoms with Gasteiger partial charge in [0, 0.05) is 25.1 Å². The third-order valence-corrected chi connectivity index (χ3v) is 2.70. The molecule has 0 saturated heterocycles. The standard InChI is InChI=1S/C15H18FNO4/c16-14-11-13(5-4-12(14)3-1-2-8-18)15(21)17(6-9-19)7-10-20/h4-5,11,18-20H,2,6-10H2. The van der Waals surface area contributed by atoms with Crippen LogP contribution in [0.1, 0.15) is 22.3 Å². The number of carbonyl (C=O) groups is 1. The summed E-state index contributed by atoms with van der Waals surface area (Å²) in [5.41, 5.74) is 0.276. The van der Waals surface area contributed by atoms with E-state index in [1.54, 1.807) is 0 Å². The lowest BCUT2D eigenvalue weighted by Crippen LogP contribution is -2.35. The summed E-state index contributed by atoms with van der Waals surface area (Å²) in [5, 5.41) is 26.4. The molecule has 0 radical (unpaired) electrons. The molecule has 0 fully saturated rings. The number of hydrogen-bond donors (Lipinski definition) is 3. The zero-order valence-corrected chi connectivity index (χ0v) is 11.5. The highest BCUT2D eigenvalue weighted by Crippen LogP contribution is 2.12. The second kappa shape index (κ2) is 9.08. The summed E-state index contributed by atoms with van der Waals surface area (Å²) < 4.78 is 13.8. The van der Waals surface area contributed by atoms with Gasteiger partial charge in [-0.25, -0.2) is 4.39 Å². The van der Waals surface area contributed by atoms with Crippen molar-refractivity contribution in [2.45, 2.75) is 6.42 Å². The van der Waals surface area contributed by atoms with Crippen molar-refractivity contribution in [1.29, 1.82) is 0 Å². The number of hydrogen-bond acceptors (Lipinski definition) is 4. The van der Waals surface area contributed by atoms with Crippen LogP contribution in [0.5, 0.6) is 0 Å². The monoisotopic (exact) mass is 295 g/mol. The highest BCUT2D eigenvalue weighted by molar-refractivity contribution is 5.94. The largest absolute Gasteiger partial charge is 0.395 e. The summed E-state index contributed by atoms with van der Waals surface area (Å²) in [6.07, 6.45) is 0.251. The number of carbonyl (C=O) groups excluding carboxylic acids is 1. The van der Waals surface area contributed by atoms with Gasteiger partial charge in [0.05, 0.1) is 25.4 Å². The first-order chi connectivity index (χ1) is 10.1. The average Bonchev–Trinajstić information content (AvgIpc) is 2.48. The van der Waals surface area contributed by atoms with E-state index < -0.39 is 11.7 Å². The summed E-state index contributed by atoms with van der Waals surface area (Å²) in [7, 11) is 0. The number of rotatable bonds is 6. The van der Waals surface area contributed by atoms with E-state index in [1.165, 1.54) is 17.0 Å². The van der Waals surface area contributed by atoms with Gasteiger partial charge in [0.1, 0.15) is 5.82 Å². The molecular formula is C15H18FNO4. The van der Waals surface area contributed by atoms with Crippen LogP contribution in [0.2, 0.25) is 0 Å². The molecule has 0 bridgehead atoms.